The van der Waals surface area contributed by atoms with Gasteiger partial charge in [-0.2, -0.15) is 0 Å². The Hall–Kier alpha value is -4.73. The predicted molar refractivity (Wildman–Crippen MR) is 175 cm³/mol. The minimum Gasteiger partial charge on any atom is -0.494 e. The van der Waals surface area contributed by atoms with E-state index in [4.69, 9.17) is 0 Å². The number of Topliss-reactive ketones (excluding diaryl/α,β-unsaturated/α-hetero) is 1. The summed E-state index contributed by atoms with van der Waals surface area (Å²) in [5.74, 6) is -0.193. The van der Waals surface area contributed by atoms with E-state index >= 15 is 0 Å². The number of carbonyl (C=O) groups excluding carboxylic acids is 2. The third kappa shape index (κ3) is 6.53. The molecule has 1 amide bonds. The van der Waals surface area contributed by atoms with Crippen molar-refractivity contribution in [1.29, 1.82) is 0 Å². The van der Waals surface area contributed by atoms with Crippen LogP contribution >= 0.6 is 11.3 Å². The summed E-state index contributed by atoms with van der Waals surface area (Å²) in [5.41, 5.74) is 6.38. The molecule has 9 heteroatoms. The second-order valence-electron chi connectivity index (χ2n) is 10.9. The number of likely N-dealkylation sites (N-methyl/N-ethyl adjacent to an activating group) is 1. The summed E-state index contributed by atoms with van der Waals surface area (Å²) in [5, 5.41) is 14.4. The number of rotatable bonds is 8. The van der Waals surface area contributed by atoms with E-state index < -0.39 is 0 Å². The van der Waals surface area contributed by atoms with Crippen LogP contribution in [0.2, 0.25) is 0 Å². The zero-order valence-corrected chi connectivity index (χ0v) is 24.9. The van der Waals surface area contributed by atoms with Gasteiger partial charge in [0.25, 0.3) is 5.91 Å². The van der Waals surface area contributed by atoms with Gasteiger partial charge >= 0.3 is 0 Å². The molecular formula is C34H33N5O3S. The van der Waals surface area contributed by atoms with Gasteiger partial charge in [0.05, 0.1) is 21.0 Å². The van der Waals surface area contributed by atoms with Crippen LogP contribution in [0.25, 0.3) is 10.9 Å². The van der Waals surface area contributed by atoms with E-state index in [-0.39, 0.29) is 17.6 Å². The molecule has 3 heterocycles. The number of aromatic nitrogens is 1. The van der Waals surface area contributed by atoms with Crippen LogP contribution < -0.4 is 10.2 Å². The highest BCUT2D eigenvalue weighted by molar-refractivity contribution is 7.16. The number of thiophene rings is 1. The van der Waals surface area contributed by atoms with E-state index in [9.17, 15) is 14.7 Å². The molecule has 8 nitrogen and oxygen atoms in total. The Morgan fingerprint density at radius 3 is 2.33 bits per heavy atom. The maximum absolute atomic E-state index is 12.6. The van der Waals surface area contributed by atoms with Gasteiger partial charge in [0.15, 0.2) is 11.7 Å². The number of nitrogens with zero attached hydrogens (tertiary/aromatic N) is 3. The lowest BCUT2D eigenvalue weighted by Gasteiger charge is -2.34. The van der Waals surface area contributed by atoms with Crippen molar-refractivity contribution in [2.45, 2.75) is 13.3 Å². The third-order valence-electron chi connectivity index (χ3n) is 7.74. The van der Waals surface area contributed by atoms with Crippen LogP contribution in [-0.2, 0) is 6.42 Å². The van der Waals surface area contributed by atoms with Crippen LogP contribution in [0.5, 0.6) is 5.88 Å². The van der Waals surface area contributed by atoms with Crippen LogP contribution in [0, 0.1) is 0 Å². The summed E-state index contributed by atoms with van der Waals surface area (Å²) in [6, 6.07) is 25.4. The highest BCUT2D eigenvalue weighted by Crippen LogP contribution is 2.29. The largest absolute Gasteiger partial charge is 0.494 e. The van der Waals surface area contributed by atoms with Gasteiger partial charge in [0, 0.05) is 54.7 Å². The molecule has 5 aromatic rings. The van der Waals surface area contributed by atoms with Gasteiger partial charge in [0.2, 0.25) is 0 Å². The Bertz CT molecular complexity index is 1800. The fourth-order valence-electron chi connectivity index (χ4n) is 5.22. The molecule has 218 valence electrons. The predicted octanol–water partition coefficient (Wildman–Crippen LogP) is 6.48. The number of anilines is 2. The first kappa shape index (κ1) is 28.4. The minimum absolute atomic E-state index is 0.0488. The monoisotopic (exact) mass is 591 g/mol. The van der Waals surface area contributed by atoms with Crippen molar-refractivity contribution in [3.63, 3.8) is 0 Å². The second-order valence-corrected chi connectivity index (χ2v) is 12.0. The van der Waals surface area contributed by atoms with Crippen LogP contribution in [0.15, 0.2) is 83.9 Å². The molecule has 6 rings (SSSR count). The average Bonchev–Trinajstić information content (AvgIpc) is 3.63. The Balaban J connectivity index is 1.12. The van der Waals surface area contributed by atoms with Gasteiger partial charge in [-0.05, 0) is 92.2 Å². The van der Waals surface area contributed by atoms with Crippen molar-refractivity contribution in [2.24, 2.45) is 4.99 Å². The number of ketones is 1. The highest BCUT2D eigenvalue weighted by Gasteiger charge is 2.15. The van der Waals surface area contributed by atoms with Crippen molar-refractivity contribution in [3.05, 3.63) is 105 Å². The summed E-state index contributed by atoms with van der Waals surface area (Å²) in [7, 11) is 2.15. The minimum atomic E-state index is -0.233. The number of fused-ring (bicyclic) bond motifs is 1. The van der Waals surface area contributed by atoms with Gasteiger partial charge in [-0.25, -0.2) is 0 Å². The van der Waals surface area contributed by atoms with E-state index in [0.29, 0.717) is 27.4 Å². The van der Waals surface area contributed by atoms with Crippen molar-refractivity contribution >= 4 is 57.2 Å². The molecule has 3 N–H and O–H groups in total. The normalized spacial score (nSPS) is 14.0. The molecule has 0 bridgehead atoms. The van der Waals surface area contributed by atoms with Gasteiger partial charge in [-0.1, -0.05) is 18.2 Å². The summed E-state index contributed by atoms with van der Waals surface area (Å²) in [6.45, 7) is 5.65. The molecule has 1 aliphatic rings. The molecule has 1 fully saturated rings. The second kappa shape index (κ2) is 12.2. The maximum atomic E-state index is 12.6. The summed E-state index contributed by atoms with van der Waals surface area (Å²) in [4.78, 5) is 37.6. The molecule has 43 heavy (non-hydrogen) atoms. The zero-order chi connectivity index (χ0) is 29.9. The lowest BCUT2D eigenvalue weighted by molar-refractivity contribution is 0.101. The standard InChI is InChI=1S/C34H33N5O3S/c1-22(40)31-13-14-32(43-31)34(42)36-26-6-3-23(4-7-26)19-24-5-12-30-28(20-24)29(33(41)37-30)21-35-25-8-10-27(11-9-25)39-17-15-38(2)16-18-39/h3-14,20-21,37,41H,15-19H2,1-2H3,(H,36,42). The lowest BCUT2D eigenvalue weighted by Crippen LogP contribution is -2.44. The molecule has 1 aliphatic heterocycles. The molecule has 0 radical (unpaired) electrons. The summed E-state index contributed by atoms with van der Waals surface area (Å²) < 4.78 is 0. The molecule has 0 aliphatic carbocycles. The van der Waals surface area contributed by atoms with Crippen molar-refractivity contribution in [3.8, 4) is 5.88 Å². The Morgan fingerprint density at radius 2 is 1.63 bits per heavy atom. The number of nitrogens with one attached hydrogen (secondary N) is 2. The molecular weight excluding hydrogens is 558 g/mol. The number of carbonyl (C=O) groups is 2. The first-order valence-corrected chi connectivity index (χ1v) is 15.1. The van der Waals surface area contributed by atoms with E-state index in [1.165, 1.54) is 23.9 Å². The van der Waals surface area contributed by atoms with Gasteiger partial charge in [0.1, 0.15) is 0 Å². The molecule has 0 spiro atoms. The van der Waals surface area contributed by atoms with Crippen molar-refractivity contribution in [1.82, 2.24) is 9.88 Å². The average molecular weight is 592 g/mol. The number of aromatic hydroxyl groups is 1. The smallest absolute Gasteiger partial charge is 0.265 e. The van der Waals surface area contributed by atoms with Gasteiger partial charge in [-0.15, -0.1) is 11.3 Å². The number of hydrogen-bond donors (Lipinski definition) is 3. The van der Waals surface area contributed by atoms with Crippen LogP contribution in [0.3, 0.4) is 0 Å². The zero-order valence-electron chi connectivity index (χ0n) is 24.1. The highest BCUT2D eigenvalue weighted by atomic mass is 32.1. The number of aliphatic imine (C=N–C) groups is 1. The Labute approximate surface area is 254 Å². The SMILES string of the molecule is CC(=O)c1ccc(C(=O)Nc2ccc(Cc3ccc4[nH]c(O)c(C=Nc5ccc(N6CCN(C)CC6)cc5)c4c3)cc2)s1. The number of amides is 1. The molecule has 0 saturated carbocycles. The van der Waals surface area contributed by atoms with E-state index in [1.807, 2.05) is 48.5 Å². The lowest BCUT2D eigenvalue weighted by atomic mass is 10.0. The number of hydrogen-bond acceptors (Lipinski definition) is 7. The molecule has 3 aromatic carbocycles. The summed E-state index contributed by atoms with van der Waals surface area (Å²) >= 11 is 1.19. The van der Waals surface area contributed by atoms with Crippen molar-refractivity contribution < 1.29 is 14.7 Å². The molecule has 1 saturated heterocycles. The fraction of sp³-hybridized carbons (Fsp3) is 0.206. The molecule has 2 aromatic heterocycles. The molecule has 0 atom stereocenters. The number of aromatic amines is 1. The van der Waals surface area contributed by atoms with Crippen molar-refractivity contribution in [2.75, 3.05) is 43.4 Å². The van der Waals surface area contributed by atoms with Crippen LogP contribution in [0.1, 0.15) is 43.0 Å². The number of piperazine rings is 1. The van der Waals surface area contributed by atoms with E-state index in [1.54, 1.807) is 18.3 Å². The summed E-state index contributed by atoms with van der Waals surface area (Å²) in [6.07, 6.45) is 2.40. The molecule has 0 unspecified atom stereocenters. The van der Waals surface area contributed by atoms with Gasteiger partial charge in [-0.3, -0.25) is 14.6 Å². The first-order valence-electron chi connectivity index (χ1n) is 14.2. The quantitative estimate of drug-likeness (QED) is 0.142. The van der Waals surface area contributed by atoms with Crippen LogP contribution in [-0.4, -0.2) is 66.1 Å². The number of H-pyrrole nitrogens is 1. The Kier molecular flexibility index (Phi) is 8.09. The maximum Gasteiger partial charge on any atom is 0.265 e. The fourth-order valence-corrected chi connectivity index (χ4v) is 6.02. The van der Waals surface area contributed by atoms with Crippen LogP contribution in [0.4, 0.5) is 17.1 Å². The van der Waals surface area contributed by atoms with E-state index in [0.717, 1.165) is 53.9 Å². The first-order chi connectivity index (χ1) is 20.8. The van der Waals surface area contributed by atoms with E-state index in [2.05, 4.69) is 50.3 Å². The Morgan fingerprint density at radius 1 is 0.930 bits per heavy atom. The van der Waals surface area contributed by atoms with Gasteiger partial charge < -0.3 is 25.2 Å². The topological polar surface area (TPSA) is 101 Å². The third-order valence-corrected chi connectivity index (χ3v) is 8.92. The number of benzene rings is 3.